The average molecular weight is 571 g/mol. The summed E-state index contributed by atoms with van der Waals surface area (Å²) in [5, 5.41) is 21.4. The largest absolute Gasteiger partial charge is 0.491 e. The summed E-state index contributed by atoms with van der Waals surface area (Å²) >= 11 is 0. The molecule has 0 bridgehead atoms. The molecule has 3 heterocycles. The maximum Gasteiger partial charge on any atom is 0.333 e. The van der Waals surface area contributed by atoms with Crippen LogP contribution in [-0.4, -0.2) is 60.7 Å². The predicted octanol–water partition coefficient (Wildman–Crippen LogP) is 3.76. The smallest absolute Gasteiger partial charge is 0.333 e. The number of ether oxygens (including phenoxy) is 2. The van der Waals surface area contributed by atoms with Gasteiger partial charge in [-0.05, 0) is 70.2 Å². The normalized spacial score (nSPS) is 17.7. The lowest BCUT2D eigenvalue weighted by molar-refractivity contribution is 0.0284. The first kappa shape index (κ1) is 28.3. The van der Waals surface area contributed by atoms with Crippen molar-refractivity contribution in [1.29, 1.82) is 0 Å². The number of carbonyl (C=O) groups excluding carboxylic acids is 2. The average Bonchev–Trinajstić information content (AvgIpc) is 3.46. The van der Waals surface area contributed by atoms with Gasteiger partial charge in [0.15, 0.2) is 5.69 Å². The van der Waals surface area contributed by atoms with Crippen molar-refractivity contribution in [3.05, 3.63) is 53.3 Å². The van der Waals surface area contributed by atoms with Gasteiger partial charge in [0.25, 0.3) is 11.8 Å². The molecule has 2 amide bonds. The van der Waals surface area contributed by atoms with Crippen molar-refractivity contribution in [3.63, 3.8) is 0 Å². The zero-order valence-electron chi connectivity index (χ0n) is 22.9. The first-order chi connectivity index (χ1) is 19.4. The first-order valence-electron chi connectivity index (χ1n) is 13.3. The number of halogens is 2. The molecule has 1 saturated carbocycles. The van der Waals surface area contributed by atoms with Gasteiger partial charge in [0.2, 0.25) is 5.88 Å². The summed E-state index contributed by atoms with van der Waals surface area (Å²) in [6.07, 6.45) is 3.82. The number of hydrogen-bond acceptors (Lipinski definition) is 7. The number of nitrogens with one attached hydrogen (secondary N) is 1. The third-order valence-electron chi connectivity index (χ3n) is 6.95. The number of primary amides is 1. The van der Waals surface area contributed by atoms with Crippen LogP contribution >= 0.6 is 0 Å². The second-order valence-electron chi connectivity index (χ2n) is 11.0. The van der Waals surface area contributed by atoms with E-state index in [-0.39, 0.29) is 52.5 Å². The molecule has 0 spiro atoms. The van der Waals surface area contributed by atoms with Gasteiger partial charge in [-0.2, -0.15) is 13.9 Å². The van der Waals surface area contributed by atoms with Crippen molar-refractivity contribution in [2.24, 2.45) is 5.73 Å². The van der Waals surface area contributed by atoms with Crippen molar-refractivity contribution >= 4 is 28.2 Å². The topological polar surface area (TPSA) is 146 Å². The van der Waals surface area contributed by atoms with Crippen molar-refractivity contribution in [3.8, 4) is 11.6 Å². The summed E-state index contributed by atoms with van der Waals surface area (Å²) in [6.45, 7) is 2.03. The van der Waals surface area contributed by atoms with Crippen LogP contribution in [-0.2, 0) is 0 Å². The van der Waals surface area contributed by atoms with E-state index < -0.39 is 24.0 Å². The summed E-state index contributed by atoms with van der Waals surface area (Å²) in [4.78, 5) is 25.3. The Morgan fingerprint density at radius 2 is 1.88 bits per heavy atom. The van der Waals surface area contributed by atoms with Gasteiger partial charge in [0, 0.05) is 23.7 Å². The molecule has 0 unspecified atom stereocenters. The number of nitrogens with two attached hydrogens (primary N) is 1. The second kappa shape index (κ2) is 11.0. The molecular formula is C28H32F2N6O5. The van der Waals surface area contributed by atoms with E-state index in [9.17, 15) is 23.5 Å². The number of benzene rings is 1. The molecule has 0 radical (unpaired) electrons. The number of amides is 2. The molecule has 41 heavy (non-hydrogen) atoms. The van der Waals surface area contributed by atoms with Gasteiger partial charge in [-0.3, -0.25) is 9.59 Å². The van der Waals surface area contributed by atoms with Crippen molar-refractivity contribution < 1.29 is 33.0 Å². The molecule has 11 nitrogen and oxygen atoms in total. The molecule has 1 aliphatic rings. The van der Waals surface area contributed by atoms with Crippen molar-refractivity contribution in [2.45, 2.75) is 70.8 Å². The number of aromatic nitrogens is 4. The van der Waals surface area contributed by atoms with Crippen LogP contribution in [0.25, 0.3) is 16.4 Å². The number of nitrogens with zero attached hydrogens (tertiary/aromatic N) is 4. The fourth-order valence-electron chi connectivity index (χ4n) is 4.96. The van der Waals surface area contributed by atoms with Crippen LogP contribution in [0.1, 0.15) is 72.5 Å². The van der Waals surface area contributed by atoms with E-state index in [1.54, 1.807) is 36.7 Å². The van der Waals surface area contributed by atoms with Crippen LogP contribution in [0.3, 0.4) is 0 Å². The standard InChI is InChI=1S/C28H32F2N6O5/c1-15-4-11-20-22(24(31)37)26(34-35(20)13-15)41-17-7-5-16(6-8-17)32-25(38)23-19-10-9-18(40-14-28(2,3)39)12-21(19)36(33-23)27(29)30/h4,9-13,16-17,27,39H,5-8,14H2,1-3H3,(H2,31,37)(H,32,38)/t16-,17-. The Labute approximate surface area is 234 Å². The Balaban J connectivity index is 1.25. The van der Waals surface area contributed by atoms with E-state index >= 15 is 0 Å². The summed E-state index contributed by atoms with van der Waals surface area (Å²) in [6, 6.07) is 7.84. The third-order valence-corrected chi connectivity index (χ3v) is 6.95. The van der Waals surface area contributed by atoms with Gasteiger partial charge in [0.1, 0.15) is 24.0 Å². The van der Waals surface area contributed by atoms with E-state index in [1.807, 2.05) is 13.0 Å². The third kappa shape index (κ3) is 6.09. The lowest BCUT2D eigenvalue weighted by Crippen LogP contribution is -2.40. The van der Waals surface area contributed by atoms with E-state index in [0.29, 0.717) is 35.9 Å². The van der Waals surface area contributed by atoms with E-state index in [2.05, 4.69) is 15.5 Å². The summed E-state index contributed by atoms with van der Waals surface area (Å²) in [5.41, 5.74) is 6.18. The molecule has 1 aliphatic carbocycles. The summed E-state index contributed by atoms with van der Waals surface area (Å²) in [7, 11) is 0. The van der Waals surface area contributed by atoms with Gasteiger partial charge in [-0.25, -0.2) is 9.20 Å². The van der Waals surface area contributed by atoms with Crippen LogP contribution in [0.4, 0.5) is 8.78 Å². The quantitative estimate of drug-likeness (QED) is 0.278. The number of aryl methyl sites for hydroxylation is 1. The lowest BCUT2D eigenvalue weighted by atomic mass is 9.92. The highest BCUT2D eigenvalue weighted by Crippen LogP contribution is 2.30. The molecule has 0 atom stereocenters. The number of rotatable bonds is 9. The molecule has 0 saturated heterocycles. The molecule has 4 aromatic rings. The number of hydrogen-bond donors (Lipinski definition) is 3. The maximum absolute atomic E-state index is 13.8. The van der Waals surface area contributed by atoms with E-state index in [4.69, 9.17) is 15.2 Å². The molecule has 4 N–H and O–H groups in total. The minimum Gasteiger partial charge on any atom is -0.491 e. The summed E-state index contributed by atoms with van der Waals surface area (Å²) in [5.74, 6) is -0.751. The highest BCUT2D eigenvalue weighted by molar-refractivity contribution is 6.05. The van der Waals surface area contributed by atoms with Gasteiger partial charge in [-0.1, -0.05) is 6.07 Å². The highest BCUT2D eigenvalue weighted by atomic mass is 19.3. The Hall–Kier alpha value is -4.26. The number of pyridine rings is 1. The van der Waals surface area contributed by atoms with Crippen LogP contribution < -0.4 is 20.5 Å². The van der Waals surface area contributed by atoms with E-state index in [0.717, 1.165) is 5.56 Å². The van der Waals surface area contributed by atoms with Crippen LogP contribution in [0.15, 0.2) is 36.5 Å². The summed E-state index contributed by atoms with van der Waals surface area (Å²) < 4.78 is 41.2. The fourth-order valence-corrected chi connectivity index (χ4v) is 4.96. The Kier molecular flexibility index (Phi) is 7.56. The molecule has 218 valence electrons. The number of carbonyl (C=O) groups is 2. The van der Waals surface area contributed by atoms with Crippen LogP contribution in [0, 0.1) is 6.92 Å². The number of fused-ring (bicyclic) bond motifs is 2. The Morgan fingerprint density at radius 1 is 1.15 bits per heavy atom. The van der Waals surface area contributed by atoms with Crippen molar-refractivity contribution in [1.82, 2.24) is 24.7 Å². The monoisotopic (exact) mass is 570 g/mol. The Morgan fingerprint density at radius 3 is 2.54 bits per heavy atom. The zero-order chi connectivity index (χ0) is 29.5. The molecule has 1 aromatic carbocycles. The number of aliphatic hydroxyl groups is 1. The number of alkyl halides is 2. The first-order valence-corrected chi connectivity index (χ1v) is 13.3. The molecule has 0 aliphatic heterocycles. The minimum absolute atomic E-state index is 0.0400. The molecular weight excluding hydrogens is 538 g/mol. The zero-order valence-corrected chi connectivity index (χ0v) is 22.9. The second-order valence-corrected chi connectivity index (χ2v) is 11.0. The molecule has 1 fully saturated rings. The molecule has 5 rings (SSSR count). The Bertz CT molecular complexity index is 1600. The van der Waals surface area contributed by atoms with E-state index in [1.165, 1.54) is 12.1 Å². The van der Waals surface area contributed by atoms with Crippen LogP contribution in [0.5, 0.6) is 11.6 Å². The van der Waals surface area contributed by atoms with Gasteiger partial charge in [-0.15, -0.1) is 5.10 Å². The predicted molar refractivity (Wildman–Crippen MR) is 145 cm³/mol. The fraction of sp³-hybridized carbons (Fsp3) is 0.429. The van der Waals surface area contributed by atoms with Gasteiger partial charge < -0.3 is 25.6 Å². The highest BCUT2D eigenvalue weighted by Gasteiger charge is 2.29. The van der Waals surface area contributed by atoms with Crippen LogP contribution in [0.2, 0.25) is 0 Å². The lowest BCUT2D eigenvalue weighted by Gasteiger charge is -2.28. The van der Waals surface area contributed by atoms with Crippen molar-refractivity contribution in [2.75, 3.05) is 6.61 Å². The minimum atomic E-state index is -2.97. The molecule has 3 aromatic heterocycles. The molecule has 13 heteroatoms. The van der Waals surface area contributed by atoms with Gasteiger partial charge >= 0.3 is 6.55 Å². The SMILES string of the molecule is Cc1ccc2c(C(N)=O)c(O[C@H]3CC[C@H](NC(=O)c4nn(C(F)F)c5cc(OCC(C)(C)O)ccc45)CC3)nn2c1. The van der Waals surface area contributed by atoms with Gasteiger partial charge in [0.05, 0.1) is 16.6 Å². The maximum atomic E-state index is 13.8.